The van der Waals surface area contributed by atoms with Gasteiger partial charge in [0.25, 0.3) is 0 Å². The number of benzene rings is 3. The van der Waals surface area contributed by atoms with E-state index in [0.717, 1.165) is 40.9 Å². The van der Waals surface area contributed by atoms with Crippen LogP contribution in [0.25, 0.3) is 33.4 Å². The Balaban J connectivity index is 1.28. The van der Waals surface area contributed by atoms with E-state index in [-0.39, 0.29) is 12.3 Å². The molecular weight excluding hydrogens is 515 g/mol. The summed E-state index contributed by atoms with van der Waals surface area (Å²) in [5.41, 5.74) is 5.25. The Labute approximate surface area is 221 Å². The first-order chi connectivity index (χ1) is 17.9. The van der Waals surface area contributed by atoms with Gasteiger partial charge in [0.15, 0.2) is 11.3 Å². The number of ether oxygens (including phenoxy) is 1. The van der Waals surface area contributed by atoms with Crippen LogP contribution < -0.4 is 4.74 Å². The van der Waals surface area contributed by atoms with Crippen LogP contribution in [0.1, 0.15) is 46.1 Å². The topological polar surface area (TPSA) is 98.6 Å². The van der Waals surface area contributed by atoms with Gasteiger partial charge in [-0.25, -0.2) is 4.79 Å². The summed E-state index contributed by atoms with van der Waals surface area (Å²) < 4.78 is 17.2. The summed E-state index contributed by atoms with van der Waals surface area (Å²) in [4.78, 5) is 11.3. The van der Waals surface area contributed by atoms with Gasteiger partial charge in [0.2, 0.25) is 0 Å². The summed E-state index contributed by atoms with van der Waals surface area (Å²) in [5.74, 6) is 0.717. The van der Waals surface area contributed by atoms with Crippen LogP contribution >= 0.6 is 23.2 Å². The van der Waals surface area contributed by atoms with Crippen molar-refractivity contribution in [1.82, 2.24) is 10.3 Å². The van der Waals surface area contributed by atoms with Gasteiger partial charge in [0.1, 0.15) is 23.8 Å². The Morgan fingerprint density at radius 2 is 1.84 bits per heavy atom. The van der Waals surface area contributed by atoms with Crippen LogP contribution in [-0.4, -0.2) is 21.4 Å². The molecular formula is C28H20Cl2N2O5. The number of carbonyl (C=O) groups is 1. The zero-order valence-corrected chi connectivity index (χ0v) is 21.1. The summed E-state index contributed by atoms with van der Waals surface area (Å²) in [6.45, 7) is 2.24. The molecule has 0 aliphatic heterocycles. The highest BCUT2D eigenvalue weighted by atomic mass is 35.5. The second-order valence-electron chi connectivity index (χ2n) is 9.06. The zero-order valence-electron chi connectivity index (χ0n) is 19.6. The van der Waals surface area contributed by atoms with Crippen LogP contribution in [-0.2, 0) is 6.61 Å². The van der Waals surface area contributed by atoms with E-state index in [1.807, 2.05) is 31.2 Å². The molecule has 0 atom stereocenters. The van der Waals surface area contributed by atoms with Gasteiger partial charge in [-0.05, 0) is 72.9 Å². The summed E-state index contributed by atoms with van der Waals surface area (Å²) in [6, 6.07) is 16.5. The van der Waals surface area contributed by atoms with E-state index in [1.165, 1.54) is 0 Å². The Morgan fingerprint density at radius 1 is 1.05 bits per heavy atom. The first-order valence-corrected chi connectivity index (χ1v) is 12.5. The number of halogens is 2. The van der Waals surface area contributed by atoms with Crippen LogP contribution in [0, 0.1) is 6.92 Å². The smallest absolute Gasteiger partial charge is 0.358 e. The molecule has 1 aliphatic carbocycles. The molecule has 37 heavy (non-hydrogen) atoms. The summed E-state index contributed by atoms with van der Waals surface area (Å²) in [7, 11) is 0. The highest BCUT2D eigenvalue weighted by Gasteiger charge is 2.33. The van der Waals surface area contributed by atoms with Gasteiger partial charge in [-0.3, -0.25) is 0 Å². The van der Waals surface area contributed by atoms with Gasteiger partial charge in [-0.15, -0.1) is 0 Å². The molecule has 3 aromatic carbocycles. The van der Waals surface area contributed by atoms with E-state index in [9.17, 15) is 9.90 Å². The summed E-state index contributed by atoms with van der Waals surface area (Å²) in [5, 5.41) is 18.7. The number of hydrogen-bond acceptors (Lipinski definition) is 6. The van der Waals surface area contributed by atoms with Crippen LogP contribution in [0.2, 0.25) is 10.0 Å². The lowest BCUT2D eigenvalue weighted by Crippen LogP contribution is -2.00. The summed E-state index contributed by atoms with van der Waals surface area (Å²) >= 11 is 12.9. The molecule has 1 aliphatic rings. The van der Waals surface area contributed by atoms with Crippen molar-refractivity contribution in [2.24, 2.45) is 0 Å². The molecule has 0 spiro atoms. The maximum absolute atomic E-state index is 11.3. The van der Waals surface area contributed by atoms with Gasteiger partial charge in [0.05, 0.1) is 21.0 Å². The molecule has 9 heteroatoms. The number of aryl methyl sites for hydroxylation is 1. The number of aromatic nitrogens is 2. The van der Waals surface area contributed by atoms with E-state index in [1.54, 1.807) is 30.3 Å². The first-order valence-electron chi connectivity index (χ1n) is 11.7. The quantitative estimate of drug-likeness (QED) is 0.226. The molecule has 7 nitrogen and oxygen atoms in total. The lowest BCUT2D eigenvalue weighted by atomic mass is 9.99. The molecule has 0 saturated heterocycles. The van der Waals surface area contributed by atoms with Crippen molar-refractivity contribution in [2.45, 2.75) is 32.3 Å². The Kier molecular flexibility index (Phi) is 5.89. The van der Waals surface area contributed by atoms with Gasteiger partial charge < -0.3 is 18.9 Å². The van der Waals surface area contributed by atoms with Crippen molar-refractivity contribution in [3.8, 4) is 28.1 Å². The average molecular weight is 535 g/mol. The molecule has 6 rings (SSSR count). The third-order valence-corrected chi connectivity index (χ3v) is 7.16. The number of aromatic carboxylic acids is 1. The molecule has 2 heterocycles. The van der Waals surface area contributed by atoms with Crippen LogP contribution in [0.4, 0.5) is 0 Å². The monoisotopic (exact) mass is 534 g/mol. The average Bonchev–Trinajstić information content (AvgIpc) is 3.49. The van der Waals surface area contributed by atoms with E-state index in [4.69, 9.17) is 37.0 Å². The molecule has 1 saturated carbocycles. The lowest BCUT2D eigenvalue weighted by Gasteiger charge is -2.12. The predicted molar refractivity (Wildman–Crippen MR) is 139 cm³/mol. The minimum atomic E-state index is -1.12. The second-order valence-corrected chi connectivity index (χ2v) is 9.87. The van der Waals surface area contributed by atoms with Gasteiger partial charge in [-0.1, -0.05) is 51.7 Å². The number of carboxylic acids is 1. The molecule has 0 unspecified atom stereocenters. The van der Waals surface area contributed by atoms with Crippen molar-refractivity contribution < 1.29 is 23.7 Å². The number of fused-ring (bicyclic) bond motifs is 1. The van der Waals surface area contributed by atoms with Crippen LogP contribution in [0.3, 0.4) is 0 Å². The van der Waals surface area contributed by atoms with Gasteiger partial charge >= 0.3 is 5.97 Å². The molecule has 0 radical (unpaired) electrons. The largest absolute Gasteiger partial charge is 0.489 e. The fourth-order valence-corrected chi connectivity index (χ4v) is 5.09. The van der Waals surface area contributed by atoms with Crippen LogP contribution in [0.15, 0.2) is 63.6 Å². The molecule has 5 aromatic rings. The standard InChI is InChI=1S/C28H20Cl2N2O5/c1-14-11-17(8-10-18(14)16-7-9-19-23(12-16)36-32-26(19)28(33)34)35-13-20-25(31-37-27(20)15-5-6-15)24-21(29)3-2-4-22(24)30/h2-4,7-12,15H,5-6,13H2,1H3,(H,33,34). The van der Waals surface area contributed by atoms with Crippen molar-refractivity contribution in [2.75, 3.05) is 0 Å². The fraction of sp³-hybridized carbons (Fsp3) is 0.179. The Morgan fingerprint density at radius 3 is 2.54 bits per heavy atom. The lowest BCUT2D eigenvalue weighted by molar-refractivity contribution is 0.0688. The number of carboxylic acid groups (broad SMARTS) is 1. The fourth-order valence-electron chi connectivity index (χ4n) is 4.51. The minimum Gasteiger partial charge on any atom is -0.489 e. The van der Waals surface area contributed by atoms with E-state index < -0.39 is 5.97 Å². The molecule has 2 aromatic heterocycles. The number of rotatable bonds is 7. The molecule has 0 amide bonds. The van der Waals surface area contributed by atoms with Crippen molar-refractivity contribution >= 4 is 40.1 Å². The first kappa shape index (κ1) is 23.6. The maximum Gasteiger partial charge on any atom is 0.358 e. The second kappa shape index (κ2) is 9.25. The molecule has 1 fully saturated rings. The van der Waals surface area contributed by atoms with Crippen molar-refractivity contribution in [3.05, 3.63) is 87.2 Å². The van der Waals surface area contributed by atoms with E-state index in [0.29, 0.717) is 43.9 Å². The maximum atomic E-state index is 11.3. The van der Waals surface area contributed by atoms with Gasteiger partial charge in [0, 0.05) is 11.5 Å². The van der Waals surface area contributed by atoms with Crippen LogP contribution in [0.5, 0.6) is 5.75 Å². The Hall–Kier alpha value is -3.81. The van der Waals surface area contributed by atoms with E-state index in [2.05, 4.69) is 10.3 Å². The van der Waals surface area contributed by atoms with Crippen molar-refractivity contribution in [3.63, 3.8) is 0 Å². The zero-order chi connectivity index (χ0) is 25.7. The Bertz CT molecular complexity index is 1650. The number of nitrogens with zero attached hydrogens (tertiary/aromatic N) is 2. The van der Waals surface area contributed by atoms with Crippen molar-refractivity contribution in [1.29, 1.82) is 0 Å². The minimum absolute atomic E-state index is 0.0984. The molecule has 0 bridgehead atoms. The SMILES string of the molecule is Cc1cc(OCc2c(-c3c(Cl)cccc3Cl)noc2C2CC2)ccc1-c1ccc2c(C(=O)O)noc2c1. The highest BCUT2D eigenvalue weighted by Crippen LogP contribution is 2.46. The number of hydrogen-bond donors (Lipinski definition) is 1. The molecule has 1 N–H and O–H groups in total. The normalized spacial score (nSPS) is 13.3. The highest BCUT2D eigenvalue weighted by molar-refractivity contribution is 6.39. The summed E-state index contributed by atoms with van der Waals surface area (Å²) in [6.07, 6.45) is 2.10. The third-order valence-electron chi connectivity index (χ3n) is 6.53. The van der Waals surface area contributed by atoms with Gasteiger partial charge in [-0.2, -0.15) is 0 Å². The predicted octanol–water partition coefficient (Wildman–Crippen LogP) is 7.92. The molecule has 186 valence electrons. The van der Waals surface area contributed by atoms with E-state index >= 15 is 0 Å². The third kappa shape index (κ3) is 4.34.